The van der Waals surface area contributed by atoms with E-state index in [4.69, 9.17) is 5.11 Å². The molecule has 1 rings (SSSR count). The lowest BCUT2D eigenvalue weighted by molar-refractivity contribution is -0.136. The van der Waals surface area contributed by atoms with Crippen LogP contribution in [0.1, 0.15) is 12.8 Å². The Morgan fingerprint density at radius 2 is 2.31 bits per heavy atom. The van der Waals surface area contributed by atoms with Crippen molar-refractivity contribution in [3.63, 3.8) is 0 Å². The van der Waals surface area contributed by atoms with Crippen LogP contribution in [0.4, 0.5) is 0 Å². The van der Waals surface area contributed by atoms with Gasteiger partial charge in [0.15, 0.2) is 0 Å². The molecule has 5 nitrogen and oxygen atoms in total. The summed E-state index contributed by atoms with van der Waals surface area (Å²) in [5.41, 5.74) is 0. The van der Waals surface area contributed by atoms with Crippen LogP contribution < -0.4 is 5.32 Å². The van der Waals surface area contributed by atoms with Crippen LogP contribution >= 0.6 is 0 Å². The topological polar surface area (TPSA) is 55.8 Å². The van der Waals surface area contributed by atoms with E-state index < -0.39 is 5.97 Å². The first-order valence-electron chi connectivity index (χ1n) is 5.90. The third-order valence-corrected chi connectivity index (χ3v) is 2.89. The number of hydrogen-bond donors (Lipinski definition) is 2. The molecule has 0 aromatic rings. The molecule has 0 aromatic heterocycles. The molecule has 94 valence electrons. The Kier molecular flexibility index (Phi) is 5.73. The third kappa shape index (κ3) is 5.44. The number of rotatable bonds is 7. The molecule has 0 aliphatic carbocycles. The zero-order valence-electron chi connectivity index (χ0n) is 10.3. The lowest BCUT2D eigenvalue weighted by Crippen LogP contribution is -2.36. The summed E-state index contributed by atoms with van der Waals surface area (Å²) < 4.78 is 0. The Hall–Kier alpha value is -0.650. The van der Waals surface area contributed by atoms with E-state index in [0.29, 0.717) is 6.04 Å². The minimum atomic E-state index is -0.772. The fraction of sp³-hybridized carbons (Fsp3) is 0.909. The molecule has 2 N–H and O–H groups in total. The Balaban J connectivity index is 2.07. The van der Waals surface area contributed by atoms with Gasteiger partial charge in [-0.05, 0) is 46.6 Å². The number of likely N-dealkylation sites (tertiary alicyclic amines) is 1. The minimum absolute atomic E-state index is 0.0796. The van der Waals surface area contributed by atoms with Crippen molar-refractivity contribution in [1.29, 1.82) is 0 Å². The summed E-state index contributed by atoms with van der Waals surface area (Å²) in [4.78, 5) is 15.0. The van der Waals surface area contributed by atoms with E-state index in [1.165, 1.54) is 6.42 Å². The summed E-state index contributed by atoms with van der Waals surface area (Å²) in [5, 5.41) is 11.6. The van der Waals surface area contributed by atoms with E-state index in [0.717, 1.165) is 32.6 Å². The Bertz CT molecular complexity index is 221. The highest BCUT2D eigenvalue weighted by Crippen LogP contribution is 2.09. The largest absolute Gasteiger partial charge is 0.480 e. The Morgan fingerprint density at radius 1 is 1.56 bits per heavy atom. The maximum atomic E-state index is 10.4. The van der Waals surface area contributed by atoms with Gasteiger partial charge in [0.2, 0.25) is 0 Å². The molecule has 16 heavy (non-hydrogen) atoms. The average molecular weight is 229 g/mol. The molecule has 1 saturated heterocycles. The first-order chi connectivity index (χ1) is 7.58. The van der Waals surface area contributed by atoms with Crippen LogP contribution in [0.15, 0.2) is 0 Å². The average Bonchev–Trinajstić information content (AvgIpc) is 2.62. The molecule has 1 atom stereocenters. The summed E-state index contributed by atoms with van der Waals surface area (Å²) in [6.07, 6.45) is 2.24. The lowest BCUT2D eigenvalue weighted by atomic mass is 10.2. The molecule has 0 saturated carbocycles. The molecule has 1 aliphatic rings. The molecule has 1 aliphatic heterocycles. The van der Waals surface area contributed by atoms with Crippen molar-refractivity contribution in [3.8, 4) is 0 Å². The summed E-state index contributed by atoms with van der Waals surface area (Å²) >= 11 is 0. The molecule has 0 aromatic carbocycles. The summed E-state index contributed by atoms with van der Waals surface area (Å²) in [5.74, 6) is -0.772. The highest BCUT2D eigenvalue weighted by molar-refractivity contribution is 5.69. The van der Waals surface area contributed by atoms with Crippen LogP contribution in [0.3, 0.4) is 0 Å². The second-order valence-corrected chi connectivity index (χ2v) is 4.72. The van der Waals surface area contributed by atoms with Crippen LogP contribution in [0.5, 0.6) is 0 Å². The zero-order valence-corrected chi connectivity index (χ0v) is 10.3. The number of aliphatic carboxylic acids is 1. The number of nitrogens with zero attached hydrogens (tertiary/aromatic N) is 2. The van der Waals surface area contributed by atoms with Gasteiger partial charge < -0.3 is 20.2 Å². The first kappa shape index (κ1) is 13.4. The van der Waals surface area contributed by atoms with Crippen molar-refractivity contribution in [1.82, 2.24) is 15.1 Å². The van der Waals surface area contributed by atoms with Gasteiger partial charge in [-0.25, -0.2) is 0 Å². The fourth-order valence-corrected chi connectivity index (χ4v) is 2.04. The summed E-state index contributed by atoms with van der Waals surface area (Å²) in [7, 11) is 4.17. The second-order valence-electron chi connectivity index (χ2n) is 4.72. The number of carboxylic acids is 1. The predicted molar refractivity (Wildman–Crippen MR) is 63.7 cm³/mol. The van der Waals surface area contributed by atoms with Gasteiger partial charge in [0.25, 0.3) is 0 Å². The van der Waals surface area contributed by atoms with Crippen molar-refractivity contribution < 1.29 is 9.90 Å². The molecule has 1 fully saturated rings. The molecule has 1 heterocycles. The Labute approximate surface area is 97.4 Å². The summed E-state index contributed by atoms with van der Waals surface area (Å²) in [6.45, 7) is 4.38. The number of carboxylic acid groups (broad SMARTS) is 1. The van der Waals surface area contributed by atoms with E-state index >= 15 is 0 Å². The van der Waals surface area contributed by atoms with E-state index in [1.807, 2.05) is 0 Å². The van der Waals surface area contributed by atoms with E-state index in [1.54, 1.807) is 0 Å². The van der Waals surface area contributed by atoms with Crippen molar-refractivity contribution in [2.75, 3.05) is 46.8 Å². The highest BCUT2D eigenvalue weighted by Gasteiger charge is 2.21. The van der Waals surface area contributed by atoms with Crippen molar-refractivity contribution in [2.24, 2.45) is 0 Å². The molecule has 0 radical (unpaired) electrons. The van der Waals surface area contributed by atoms with Crippen molar-refractivity contribution in [2.45, 2.75) is 18.9 Å². The van der Waals surface area contributed by atoms with Crippen LogP contribution in [0.25, 0.3) is 0 Å². The predicted octanol–water partition coefficient (Wildman–Crippen LogP) is -0.313. The van der Waals surface area contributed by atoms with Crippen molar-refractivity contribution in [3.05, 3.63) is 0 Å². The number of nitrogens with one attached hydrogen (secondary N) is 1. The van der Waals surface area contributed by atoms with Gasteiger partial charge in [-0.2, -0.15) is 0 Å². The van der Waals surface area contributed by atoms with Crippen molar-refractivity contribution >= 4 is 5.97 Å². The monoisotopic (exact) mass is 229 g/mol. The molecular formula is C11H23N3O2. The Morgan fingerprint density at radius 3 is 2.94 bits per heavy atom. The summed E-state index contributed by atoms with van der Waals surface area (Å²) in [6, 6.07) is 0.357. The quantitative estimate of drug-likeness (QED) is 0.627. The maximum absolute atomic E-state index is 10.4. The lowest BCUT2D eigenvalue weighted by Gasteiger charge is -2.17. The van der Waals surface area contributed by atoms with Crippen LogP contribution in [0.2, 0.25) is 0 Å². The smallest absolute Gasteiger partial charge is 0.317 e. The molecule has 0 amide bonds. The van der Waals surface area contributed by atoms with E-state index in [-0.39, 0.29) is 6.54 Å². The molecule has 1 unspecified atom stereocenters. The van der Waals surface area contributed by atoms with E-state index in [9.17, 15) is 4.79 Å². The molecule has 0 spiro atoms. The minimum Gasteiger partial charge on any atom is -0.480 e. The SMILES string of the molecule is CN(C)CCCN1CCC(NCC(=O)O)C1. The molecule has 5 heteroatoms. The van der Waals surface area contributed by atoms with Crippen LogP contribution in [0, 0.1) is 0 Å². The van der Waals surface area contributed by atoms with Gasteiger partial charge in [0.1, 0.15) is 0 Å². The highest BCUT2D eigenvalue weighted by atomic mass is 16.4. The van der Waals surface area contributed by atoms with Crippen LogP contribution in [-0.4, -0.2) is 73.7 Å². The van der Waals surface area contributed by atoms with Gasteiger partial charge in [-0.3, -0.25) is 4.79 Å². The standard InChI is InChI=1S/C11H23N3O2/c1-13(2)5-3-6-14-7-4-10(9-14)12-8-11(15)16/h10,12H,3-9H2,1-2H3,(H,15,16). The van der Waals surface area contributed by atoms with E-state index in [2.05, 4.69) is 29.2 Å². The number of carbonyl (C=O) groups is 1. The van der Waals surface area contributed by atoms with Gasteiger partial charge in [0, 0.05) is 12.6 Å². The van der Waals surface area contributed by atoms with Gasteiger partial charge in [-0.1, -0.05) is 0 Å². The third-order valence-electron chi connectivity index (χ3n) is 2.89. The second kappa shape index (κ2) is 6.83. The molecular weight excluding hydrogens is 206 g/mol. The molecule has 0 bridgehead atoms. The number of hydrogen-bond acceptors (Lipinski definition) is 4. The first-order valence-corrected chi connectivity index (χ1v) is 5.90. The normalized spacial score (nSPS) is 21.8. The maximum Gasteiger partial charge on any atom is 0.317 e. The van der Waals surface area contributed by atoms with Gasteiger partial charge >= 0.3 is 5.97 Å². The van der Waals surface area contributed by atoms with Gasteiger partial charge in [-0.15, -0.1) is 0 Å². The van der Waals surface area contributed by atoms with Crippen LogP contribution in [-0.2, 0) is 4.79 Å². The van der Waals surface area contributed by atoms with Gasteiger partial charge in [0.05, 0.1) is 6.54 Å². The fourth-order valence-electron chi connectivity index (χ4n) is 2.04. The zero-order chi connectivity index (χ0) is 12.0.